The van der Waals surface area contributed by atoms with E-state index in [9.17, 15) is 9.90 Å². The second-order valence-corrected chi connectivity index (χ2v) is 16.3. The molecule has 7 fully saturated rings. The first-order valence-electron chi connectivity index (χ1n) is 18.3. The number of benzene rings is 2. The van der Waals surface area contributed by atoms with Crippen LogP contribution in [0.5, 0.6) is 5.75 Å². The summed E-state index contributed by atoms with van der Waals surface area (Å²) in [7, 11) is 0. The molecule has 1 N–H and O–H groups in total. The van der Waals surface area contributed by atoms with Crippen LogP contribution in [0.1, 0.15) is 57.6 Å². The number of phenolic OH excluding ortho intramolecular Hbond substituents is 1. The Morgan fingerprint density at radius 2 is 1.53 bits per heavy atom. The van der Waals surface area contributed by atoms with Crippen LogP contribution in [0, 0.1) is 23.7 Å². The van der Waals surface area contributed by atoms with Gasteiger partial charge in [-0.1, -0.05) is 53.6 Å². The number of amides is 1. The summed E-state index contributed by atoms with van der Waals surface area (Å²) < 4.78 is 7.46. The van der Waals surface area contributed by atoms with Gasteiger partial charge >= 0.3 is 0 Å². The molecule has 244 valence electrons. The van der Waals surface area contributed by atoms with Crippen molar-refractivity contribution in [2.75, 3.05) is 42.6 Å². The van der Waals surface area contributed by atoms with Gasteiger partial charge in [-0.15, -0.1) is 0 Å². The van der Waals surface area contributed by atoms with Crippen LogP contribution in [0.15, 0.2) is 65.8 Å². The molecular formula is C40H46N4O3. The lowest BCUT2D eigenvalue weighted by Crippen LogP contribution is -2.73. The molecule has 2 aromatic rings. The van der Waals surface area contributed by atoms with Crippen LogP contribution in [0.2, 0.25) is 0 Å². The first kappa shape index (κ1) is 27.8. The largest absolute Gasteiger partial charge is 0.506 e. The summed E-state index contributed by atoms with van der Waals surface area (Å²) in [5, 5.41) is 11.5. The van der Waals surface area contributed by atoms with E-state index in [0.29, 0.717) is 35.9 Å². The van der Waals surface area contributed by atoms with E-state index < -0.39 is 0 Å². The lowest BCUT2D eigenvalue weighted by atomic mass is 9.53. The molecule has 7 aliphatic heterocycles. The summed E-state index contributed by atoms with van der Waals surface area (Å²) in [6.07, 6.45) is 9.17. The number of carbonyl (C=O) groups is 1. The van der Waals surface area contributed by atoms with Gasteiger partial charge in [-0.25, -0.2) is 0 Å². The molecule has 2 aromatic carbocycles. The molecule has 9 aliphatic rings. The van der Waals surface area contributed by atoms with Crippen LogP contribution in [0.3, 0.4) is 0 Å². The standard InChI is InChI=1S/C40H46N4O3/c1-4-23-19-41-15-13-39-28-9-6-7-11-30(28)44-36(39)27(25(23)17-32(39)41)21-47-38(44)34-26-18-33-40(14-16-42(33)20-24(26)5-2)29-10-8-12-31(46)35(29)43(22(3)45)37(34)40/h4-12,25-27,32-34,36-38,46H,13-21H2,1-3H3/b23-4-,24-5-/t25-,26-,27+,32-,33-,34+,36-,37-,38-,39?,40?/m0/s1. The number of phenols is 1. The Morgan fingerprint density at radius 1 is 0.872 bits per heavy atom. The molecule has 11 atom stereocenters. The SMILES string of the molecule is C/C=C1/CN2CCC34c5ccccc5N5[C@H]3[C@H](CO[C@H]5[C@H]3[C@@H]5N(C(C)=O)c6c(O)cccc6C56CCN5C/C(=C/C)[C@@H]3C[C@H]56)[C@H]1C[C@H]24. The number of hydrogen-bond acceptors (Lipinski definition) is 6. The highest BCUT2D eigenvalue weighted by Gasteiger charge is 2.74. The van der Waals surface area contributed by atoms with Crippen LogP contribution in [0.25, 0.3) is 0 Å². The van der Waals surface area contributed by atoms with Gasteiger partial charge in [0.1, 0.15) is 12.0 Å². The number of aromatic hydroxyl groups is 1. The Balaban J connectivity index is 1.14. The predicted octanol–water partition coefficient (Wildman–Crippen LogP) is 5.19. The van der Waals surface area contributed by atoms with Gasteiger partial charge in [0.25, 0.3) is 0 Å². The van der Waals surface area contributed by atoms with Crippen molar-refractivity contribution in [2.24, 2.45) is 23.7 Å². The summed E-state index contributed by atoms with van der Waals surface area (Å²) in [5.74, 6) is 1.68. The maximum Gasteiger partial charge on any atom is 0.224 e. The van der Waals surface area contributed by atoms with E-state index in [2.05, 4.69) is 75.9 Å². The summed E-state index contributed by atoms with van der Waals surface area (Å²) in [6.45, 7) is 11.2. The maximum absolute atomic E-state index is 14.0. The summed E-state index contributed by atoms with van der Waals surface area (Å²) in [6, 6.07) is 16.6. The van der Waals surface area contributed by atoms with Crippen LogP contribution in [0.4, 0.5) is 11.4 Å². The van der Waals surface area contributed by atoms with Crippen molar-refractivity contribution in [3.8, 4) is 5.75 Å². The number of ether oxygens (including phenoxy) is 1. The second kappa shape index (κ2) is 9.10. The monoisotopic (exact) mass is 630 g/mol. The number of para-hydroxylation sites is 2. The number of carbonyl (C=O) groups excluding carboxylic acids is 1. The minimum absolute atomic E-state index is 0.0309. The Hall–Kier alpha value is -3.13. The van der Waals surface area contributed by atoms with Gasteiger partial charge in [-0.3, -0.25) is 14.6 Å². The van der Waals surface area contributed by atoms with Crippen molar-refractivity contribution in [2.45, 2.75) is 87.7 Å². The van der Waals surface area contributed by atoms with Gasteiger partial charge in [0.15, 0.2) is 0 Å². The molecule has 2 spiro atoms. The molecule has 4 bridgehead atoms. The zero-order valence-corrected chi connectivity index (χ0v) is 27.8. The number of fused-ring (bicyclic) bond motifs is 6. The third-order valence-corrected chi connectivity index (χ3v) is 15.3. The highest BCUT2D eigenvalue weighted by Crippen LogP contribution is 2.69. The molecule has 1 amide bonds. The van der Waals surface area contributed by atoms with E-state index in [1.807, 2.05) is 6.07 Å². The number of hydrogen-bond donors (Lipinski definition) is 1. The fourth-order valence-electron chi connectivity index (χ4n) is 14.0. The molecule has 11 rings (SSSR count). The van der Waals surface area contributed by atoms with Crippen molar-refractivity contribution >= 4 is 17.3 Å². The topological polar surface area (TPSA) is 59.5 Å². The lowest BCUT2D eigenvalue weighted by Gasteiger charge is -2.63. The Morgan fingerprint density at radius 3 is 2.26 bits per heavy atom. The smallest absolute Gasteiger partial charge is 0.224 e. The molecule has 2 unspecified atom stereocenters. The maximum atomic E-state index is 14.0. The molecular weight excluding hydrogens is 584 g/mol. The van der Waals surface area contributed by atoms with Gasteiger partial charge in [0.05, 0.1) is 18.3 Å². The number of anilines is 2. The summed E-state index contributed by atoms with van der Waals surface area (Å²) in [4.78, 5) is 24.4. The van der Waals surface area contributed by atoms with Gasteiger partial charge < -0.3 is 19.6 Å². The minimum Gasteiger partial charge on any atom is -0.506 e. The molecule has 7 heteroatoms. The van der Waals surface area contributed by atoms with Crippen LogP contribution < -0.4 is 9.80 Å². The van der Waals surface area contributed by atoms with E-state index in [1.54, 1.807) is 24.1 Å². The van der Waals surface area contributed by atoms with Crippen LogP contribution >= 0.6 is 0 Å². The average Bonchev–Trinajstić information content (AvgIpc) is 3.84. The Bertz CT molecular complexity index is 1800. The normalized spacial score (nSPS) is 45.3. The lowest BCUT2D eigenvalue weighted by molar-refractivity contribution is -0.129. The second-order valence-electron chi connectivity index (χ2n) is 16.3. The molecule has 7 nitrogen and oxygen atoms in total. The number of nitrogens with zero attached hydrogens (tertiary/aromatic N) is 4. The quantitative estimate of drug-likeness (QED) is 0.438. The zero-order chi connectivity index (χ0) is 31.6. The fraction of sp³-hybridized carbons (Fsp3) is 0.575. The molecule has 7 heterocycles. The van der Waals surface area contributed by atoms with Crippen molar-refractivity contribution < 1.29 is 14.6 Å². The molecule has 47 heavy (non-hydrogen) atoms. The van der Waals surface area contributed by atoms with Crippen molar-refractivity contribution in [1.29, 1.82) is 0 Å². The number of allylic oxidation sites excluding steroid dienone is 2. The van der Waals surface area contributed by atoms with Crippen LogP contribution in [-0.2, 0) is 20.4 Å². The summed E-state index contributed by atoms with van der Waals surface area (Å²) in [5.41, 5.74) is 7.87. The van der Waals surface area contributed by atoms with Gasteiger partial charge in [-0.05, 0) is 87.7 Å². The van der Waals surface area contributed by atoms with E-state index in [0.717, 1.165) is 51.3 Å². The minimum atomic E-state index is -0.220. The highest BCUT2D eigenvalue weighted by atomic mass is 16.5. The van der Waals surface area contributed by atoms with Crippen molar-refractivity contribution in [3.05, 3.63) is 76.9 Å². The summed E-state index contributed by atoms with van der Waals surface area (Å²) >= 11 is 0. The van der Waals surface area contributed by atoms with E-state index >= 15 is 0 Å². The number of rotatable bonds is 1. The van der Waals surface area contributed by atoms with Crippen molar-refractivity contribution in [1.82, 2.24) is 9.80 Å². The van der Waals surface area contributed by atoms with Crippen LogP contribution in [-0.4, -0.2) is 84.0 Å². The Labute approximate surface area is 277 Å². The van der Waals surface area contributed by atoms with E-state index in [-0.39, 0.29) is 40.7 Å². The molecule has 2 aliphatic carbocycles. The molecule has 0 aromatic heterocycles. The third-order valence-electron chi connectivity index (χ3n) is 15.3. The fourth-order valence-corrected chi connectivity index (χ4v) is 14.0. The van der Waals surface area contributed by atoms with Gasteiger partial charge in [-0.2, -0.15) is 0 Å². The van der Waals surface area contributed by atoms with E-state index in [1.165, 1.54) is 29.7 Å². The molecule has 5 saturated heterocycles. The predicted molar refractivity (Wildman–Crippen MR) is 182 cm³/mol. The van der Waals surface area contributed by atoms with Crippen molar-refractivity contribution in [3.63, 3.8) is 0 Å². The number of piperidine rings is 2. The first-order valence-corrected chi connectivity index (χ1v) is 18.3. The molecule has 2 saturated carbocycles. The highest BCUT2D eigenvalue weighted by molar-refractivity contribution is 5.98. The first-order chi connectivity index (χ1) is 22.9. The average molecular weight is 631 g/mol. The van der Waals surface area contributed by atoms with Gasteiger partial charge in [0, 0.05) is 66.5 Å². The van der Waals surface area contributed by atoms with Gasteiger partial charge in [0.2, 0.25) is 5.91 Å². The third kappa shape index (κ3) is 2.99. The zero-order valence-electron chi connectivity index (χ0n) is 27.8. The van der Waals surface area contributed by atoms with E-state index in [4.69, 9.17) is 4.74 Å². The molecule has 0 radical (unpaired) electrons. The Kier molecular flexibility index (Phi) is 5.38.